The highest BCUT2D eigenvalue weighted by atomic mass is 32.1. The highest BCUT2D eigenvalue weighted by Crippen LogP contribution is 2.31. The molecule has 0 saturated heterocycles. The van der Waals surface area contributed by atoms with E-state index in [1.54, 1.807) is 11.3 Å². The third-order valence-corrected chi connectivity index (χ3v) is 5.16. The van der Waals surface area contributed by atoms with Gasteiger partial charge in [-0.05, 0) is 54.3 Å². The molecule has 0 bridgehead atoms. The van der Waals surface area contributed by atoms with E-state index in [9.17, 15) is 9.59 Å². The van der Waals surface area contributed by atoms with Crippen LogP contribution in [0.15, 0.2) is 42.5 Å². The molecule has 0 aliphatic carbocycles. The van der Waals surface area contributed by atoms with Crippen molar-refractivity contribution in [2.24, 2.45) is 5.41 Å². The molecule has 5 nitrogen and oxygen atoms in total. The van der Waals surface area contributed by atoms with Gasteiger partial charge in [-0.25, -0.2) is 4.98 Å². The molecule has 0 atom stereocenters. The predicted molar refractivity (Wildman–Crippen MR) is 116 cm³/mol. The van der Waals surface area contributed by atoms with Gasteiger partial charge in [-0.3, -0.25) is 9.59 Å². The average molecular weight is 396 g/mol. The Bertz CT molecular complexity index is 1000. The lowest BCUT2D eigenvalue weighted by Crippen LogP contribution is -2.34. The van der Waals surface area contributed by atoms with Gasteiger partial charge in [-0.2, -0.15) is 0 Å². The number of aromatic nitrogens is 1. The molecular weight excluding hydrogens is 370 g/mol. The fourth-order valence-corrected chi connectivity index (χ4v) is 3.85. The Balaban J connectivity index is 1.59. The summed E-state index contributed by atoms with van der Waals surface area (Å²) in [5, 5.41) is 6.41. The van der Waals surface area contributed by atoms with Crippen molar-refractivity contribution in [1.82, 2.24) is 10.3 Å². The van der Waals surface area contributed by atoms with E-state index in [4.69, 9.17) is 0 Å². The first-order chi connectivity index (χ1) is 13.2. The Kier molecular flexibility index (Phi) is 5.79. The highest BCUT2D eigenvalue weighted by Gasteiger charge is 2.16. The van der Waals surface area contributed by atoms with Gasteiger partial charge in [-0.1, -0.05) is 26.8 Å². The fraction of sp³-hybridized carbons (Fsp3) is 0.318. The van der Waals surface area contributed by atoms with E-state index in [1.165, 1.54) is 10.3 Å². The van der Waals surface area contributed by atoms with Crippen LogP contribution in [-0.2, 0) is 9.59 Å². The zero-order valence-electron chi connectivity index (χ0n) is 16.6. The molecule has 0 aliphatic rings. The molecule has 1 heterocycles. The lowest BCUT2D eigenvalue weighted by atomic mass is 9.92. The summed E-state index contributed by atoms with van der Waals surface area (Å²) in [4.78, 5) is 28.5. The number of carbonyl (C=O) groups is 2. The van der Waals surface area contributed by atoms with Crippen LogP contribution in [0.4, 0.5) is 5.69 Å². The smallest absolute Gasteiger partial charge is 0.243 e. The second kappa shape index (κ2) is 8.10. The Morgan fingerprint density at radius 3 is 2.43 bits per heavy atom. The monoisotopic (exact) mass is 395 g/mol. The average Bonchev–Trinajstić information content (AvgIpc) is 3.02. The molecule has 0 fully saturated rings. The molecule has 0 aliphatic heterocycles. The van der Waals surface area contributed by atoms with Gasteiger partial charge in [0.1, 0.15) is 5.01 Å². The van der Waals surface area contributed by atoms with Crippen molar-refractivity contribution in [3.63, 3.8) is 0 Å². The summed E-state index contributed by atoms with van der Waals surface area (Å²) in [7, 11) is 0. The van der Waals surface area contributed by atoms with Crippen LogP contribution >= 0.6 is 11.3 Å². The van der Waals surface area contributed by atoms with E-state index >= 15 is 0 Å². The SMILES string of the molecule is Cc1ccc2nc(-c3ccc(NC(=O)CNC(=O)CC(C)(C)C)cc3)sc2c1. The van der Waals surface area contributed by atoms with E-state index in [-0.39, 0.29) is 23.8 Å². The molecule has 28 heavy (non-hydrogen) atoms. The maximum Gasteiger partial charge on any atom is 0.243 e. The third kappa shape index (κ3) is 5.39. The first-order valence-corrected chi connectivity index (χ1v) is 10.1. The number of amides is 2. The van der Waals surface area contributed by atoms with Gasteiger partial charge < -0.3 is 10.6 Å². The van der Waals surface area contributed by atoms with Crippen LogP contribution in [0.2, 0.25) is 0 Å². The Morgan fingerprint density at radius 2 is 1.75 bits per heavy atom. The van der Waals surface area contributed by atoms with Gasteiger partial charge in [0.25, 0.3) is 0 Å². The number of hydrogen-bond acceptors (Lipinski definition) is 4. The molecule has 0 spiro atoms. The number of rotatable bonds is 5. The van der Waals surface area contributed by atoms with Crippen molar-refractivity contribution < 1.29 is 9.59 Å². The summed E-state index contributed by atoms with van der Waals surface area (Å²) in [5.41, 5.74) is 3.81. The summed E-state index contributed by atoms with van der Waals surface area (Å²) in [5.74, 6) is -0.366. The summed E-state index contributed by atoms with van der Waals surface area (Å²) in [6, 6.07) is 13.8. The number of fused-ring (bicyclic) bond motifs is 1. The van der Waals surface area contributed by atoms with Gasteiger partial charge in [0.2, 0.25) is 11.8 Å². The number of nitrogens with one attached hydrogen (secondary N) is 2. The van der Waals surface area contributed by atoms with Crippen LogP contribution in [0.5, 0.6) is 0 Å². The molecule has 6 heteroatoms. The minimum atomic E-state index is -0.245. The number of nitrogens with zero attached hydrogens (tertiary/aromatic N) is 1. The zero-order chi connectivity index (χ0) is 20.3. The van der Waals surface area contributed by atoms with Crippen LogP contribution in [0.1, 0.15) is 32.8 Å². The normalized spacial score (nSPS) is 11.4. The second-order valence-electron chi connectivity index (χ2n) is 8.13. The molecular formula is C22H25N3O2S. The van der Waals surface area contributed by atoms with Crippen molar-refractivity contribution in [3.8, 4) is 10.6 Å². The third-order valence-electron chi connectivity index (χ3n) is 4.10. The van der Waals surface area contributed by atoms with Crippen LogP contribution < -0.4 is 10.6 Å². The van der Waals surface area contributed by atoms with E-state index in [2.05, 4.69) is 34.7 Å². The van der Waals surface area contributed by atoms with Crippen LogP contribution in [0.25, 0.3) is 20.8 Å². The Hall–Kier alpha value is -2.73. The number of aryl methyl sites for hydroxylation is 1. The highest BCUT2D eigenvalue weighted by molar-refractivity contribution is 7.21. The van der Waals surface area contributed by atoms with Crippen molar-refractivity contribution in [1.29, 1.82) is 0 Å². The first-order valence-electron chi connectivity index (χ1n) is 9.24. The van der Waals surface area contributed by atoms with Gasteiger partial charge in [0, 0.05) is 17.7 Å². The molecule has 2 aromatic carbocycles. The summed E-state index contributed by atoms with van der Waals surface area (Å²) in [6.07, 6.45) is 0.386. The predicted octanol–water partition coefficient (Wildman–Crippen LogP) is 4.76. The van der Waals surface area contributed by atoms with Gasteiger partial charge >= 0.3 is 0 Å². The maximum absolute atomic E-state index is 12.1. The van der Waals surface area contributed by atoms with E-state index in [1.807, 2.05) is 51.1 Å². The van der Waals surface area contributed by atoms with Crippen LogP contribution in [0.3, 0.4) is 0 Å². The molecule has 146 valence electrons. The van der Waals surface area contributed by atoms with E-state index in [0.29, 0.717) is 12.1 Å². The number of carbonyl (C=O) groups excluding carboxylic acids is 2. The quantitative estimate of drug-likeness (QED) is 0.654. The largest absolute Gasteiger partial charge is 0.347 e. The van der Waals surface area contributed by atoms with Crippen molar-refractivity contribution in [2.75, 3.05) is 11.9 Å². The van der Waals surface area contributed by atoms with Gasteiger partial charge in [-0.15, -0.1) is 11.3 Å². The number of thiazole rings is 1. The van der Waals surface area contributed by atoms with Crippen molar-refractivity contribution >= 4 is 39.1 Å². The summed E-state index contributed by atoms with van der Waals surface area (Å²) < 4.78 is 1.17. The number of hydrogen-bond donors (Lipinski definition) is 2. The lowest BCUT2D eigenvalue weighted by molar-refractivity contribution is -0.125. The maximum atomic E-state index is 12.1. The molecule has 3 aromatic rings. The molecule has 2 amide bonds. The fourth-order valence-electron chi connectivity index (χ4n) is 2.78. The molecule has 0 saturated carbocycles. The number of benzene rings is 2. The minimum absolute atomic E-state index is 0.0338. The van der Waals surface area contributed by atoms with Gasteiger partial charge in [0.05, 0.1) is 16.8 Å². The molecule has 0 radical (unpaired) electrons. The topological polar surface area (TPSA) is 71.1 Å². The van der Waals surface area contributed by atoms with Crippen LogP contribution in [0, 0.1) is 12.3 Å². The summed E-state index contributed by atoms with van der Waals surface area (Å²) in [6.45, 7) is 8.00. The van der Waals surface area contributed by atoms with E-state index < -0.39 is 0 Å². The Labute approximate surface area is 169 Å². The minimum Gasteiger partial charge on any atom is -0.347 e. The zero-order valence-corrected chi connectivity index (χ0v) is 17.4. The van der Waals surface area contributed by atoms with Crippen LogP contribution in [-0.4, -0.2) is 23.3 Å². The Morgan fingerprint density at radius 1 is 1.04 bits per heavy atom. The second-order valence-corrected chi connectivity index (χ2v) is 9.16. The first kappa shape index (κ1) is 20.0. The van der Waals surface area contributed by atoms with E-state index in [0.717, 1.165) is 16.1 Å². The van der Waals surface area contributed by atoms with Crippen molar-refractivity contribution in [2.45, 2.75) is 34.1 Å². The molecule has 2 N–H and O–H groups in total. The van der Waals surface area contributed by atoms with Gasteiger partial charge in [0.15, 0.2) is 0 Å². The standard InChI is InChI=1S/C22H25N3O2S/c1-14-5-10-17-18(11-14)28-21(25-17)15-6-8-16(9-7-15)24-20(27)13-23-19(26)12-22(2,3)4/h5-11H,12-13H2,1-4H3,(H,23,26)(H,24,27). The lowest BCUT2D eigenvalue weighted by Gasteiger charge is -2.17. The summed E-state index contributed by atoms with van der Waals surface area (Å²) >= 11 is 1.65. The molecule has 0 unspecified atom stereocenters. The molecule has 3 rings (SSSR count). The van der Waals surface area contributed by atoms with Crippen molar-refractivity contribution in [3.05, 3.63) is 48.0 Å². The molecule has 1 aromatic heterocycles. The number of anilines is 1.